The summed E-state index contributed by atoms with van der Waals surface area (Å²) >= 11 is 0. The Kier molecular flexibility index (Phi) is 5.01. The monoisotopic (exact) mass is 313 g/mol. The van der Waals surface area contributed by atoms with Gasteiger partial charge >= 0.3 is 5.97 Å². The highest BCUT2D eigenvalue weighted by molar-refractivity contribution is 6.06. The van der Waals surface area contributed by atoms with E-state index >= 15 is 0 Å². The maximum Gasteiger partial charge on any atom is 0.335 e. The van der Waals surface area contributed by atoms with Gasteiger partial charge in [0.2, 0.25) is 0 Å². The molecule has 2 aromatic carbocycles. The molecule has 0 saturated heterocycles. The lowest BCUT2D eigenvalue weighted by molar-refractivity contribution is 0.0696. The first kappa shape index (κ1) is 16.5. The summed E-state index contributed by atoms with van der Waals surface area (Å²) in [6, 6.07) is 11.5. The third kappa shape index (κ3) is 3.88. The zero-order valence-electron chi connectivity index (χ0n) is 13.3. The van der Waals surface area contributed by atoms with Gasteiger partial charge in [0, 0.05) is 5.69 Å². The second-order valence-electron chi connectivity index (χ2n) is 5.45. The first-order valence-electron chi connectivity index (χ1n) is 7.25. The largest absolute Gasteiger partial charge is 0.496 e. The molecular weight excluding hydrogens is 294 g/mol. The number of carbonyl (C=O) groups is 2. The first-order chi connectivity index (χ1) is 10.9. The van der Waals surface area contributed by atoms with E-state index in [0.29, 0.717) is 22.9 Å². The number of rotatable bonds is 5. The van der Waals surface area contributed by atoms with Crippen LogP contribution in [0, 0.1) is 0 Å². The van der Waals surface area contributed by atoms with Crippen LogP contribution in [0.5, 0.6) is 5.75 Å². The molecule has 5 heteroatoms. The molecule has 2 aromatic rings. The van der Waals surface area contributed by atoms with Gasteiger partial charge in [0.05, 0.1) is 18.2 Å². The van der Waals surface area contributed by atoms with Crippen molar-refractivity contribution in [1.82, 2.24) is 0 Å². The van der Waals surface area contributed by atoms with Crippen molar-refractivity contribution in [2.75, 3.05) is 12.4 Å². The van der Waals surface area contributed by atoms with Crippen LogP contribution in [0.2, 0.25) is 0 Å². The smallest absolute Gasteiger partial charge is 0.335 e. The van der Waals surface area contributed by atoms with Crippen molar-refractivity contribution in [2.24, 2.45) is 0 Å². The molecule has 23 heavy (non-hydrogen) atoms. The second-order valence-corrected chi connectivity index (χ2v) is 5.45. The molecule has 0 heterocycles. The Morgan fingerprint density at radius 3 is 2.26 bits per heavy atom. The highest BCUT2D eigenvalue weighted by Gasteiger charge is 2.15. The van der Waals surface area contributed by atoms with E-state index in [0.717, 1.165) is 5.56 Å². The summed E-state index contributed by atoms with van der Waals surface area (Å²) < 4.78 is 5.25. The molecule has 0 radical (unpaired) electrons. The Hall–Kier alpha value is -2.82. The highest BCUT2D eigenvalue weighted by atomic mass is 16.5. The number of carboxylic acids is 1. The van der Waals surface area contributed by atoms with E-state index in [1.54, 1.807) is 18.2 Å². The summed E-state index contributed by atoms with van der Waals surface area (Å²) in [5.74, 6) is -0.516. The minimum Gasteiger partial charge on any atom is -0.496 e. The lowest BCUT2D eigenvalue weighted by Crippen LogP contribution is -2.14. The molecule has 0 fully saturated rings. The standard InChI is InChI=1S/C18H19NO4/c1-11(2)13-6-9-16(23-3)15(10-13)17(20)19-14-7-4-12(5-8-14)18(21)22/h4-11H,1-3H3,(H,19,20)(H,21,22). The van der Waals surface area contributed by atoms with E-state index < -0.39 is 5.97 Å². The third-order valence-corrected chi connectivity index (χ3v) is 3.52. The van der Waals surface area contributed by atoms with E-state index in [9.17, 15) is 9.59 Å². The van der Waals surface area contributed by atoms with E-state index in [1.165, 1.54) is 19.2 Å². The fourth-order valence-corrected chi connectivity index (χ4v) is 2.16. The summed E-state index contributed by atoms with van der Waals surface area (Å²) in [5, 5.41) is 11.6. The van der Waals surface area contributed by atoms with Crippen LogP contribution in [-0.4, -0.2) is 24.1 Å². The van der Waals surface area contributed by atoms with Crippen LogP contribution in [0.1, 0.15) is 46.0 Å². The molecule has 2 rings (SSSR count). The number of anilines is 1. The lowest BCUT2D eigenvalue weighted by atomic mass is 10.00. The molecule has 120 valence electrons. The quantitative estimate of drug-likeness (QED) is 0.881. The number of ether oxygens (including phenoxy) is 1. The first-order valence-corrected chi connectivity index (χ1v) is 7.25. The predicted molar refractivity (Wildman–Crippen MR) is 88.4 cm³/mol. The lowest BCUT2D eigenvalue weighted by Gasteiger charge is -2.13. The number of carboxylic acid groups (broad SMARTS) is 1. The zero-order valence-corrected chi connectivity index (χ0v) is 13.3. The molecule has 0 aliphatic heterocycles. The van der Waals surface area contributed by atoms with E-state index in [-0.39, 0.29) is 11.5 Å². The molecular formula is C18H19NO4. The zero-order chi connectivity index (χ0) is 17.0. The highest BCUT2D eigenvalue weighted by Crippen LogP contribution is 2.25. The van der Waals surface area contributed by atoms with Gasteiger partial charge in [-0.05, 0) is 47.9 Å². The second kappa shape index (κ2) is 6.96. The van der Waals surface area contributed by atoms with Gasteiger partial charge in [0.1, 0.15) is 5.75 Å². The molecule has 0 spiro atoms. The van der Waals surface area contributed by atoms with Crippen molar-refractivity contribution >= 4 is 17.6 Å². The number of nitrogens with one attached hydrogen (secondary N) is 1. The molecule has 0 atom stereocenters. The van der Waals surface area contributed by atoms with Gasteiger partial charge in [-0.2, -0.15) is 0 Å². The number of carbonyl (C=O) groups excluding carboxylic acids is 1. The fourth-order valence-electron chi connectivity index (χ4n) is 2.16. The van der Waals surface area contributed by atoms with E-state index in [1.807, 2.05) is 26.0 Å². The van der Waals surface area contributed by atoms with Gasteiger partial charge in [0.25, 0.3) is 5.91 Å². The summed E-state index contributed by atoms with van der Waals surface area (Å²) in [6.45, 7) is 4.10. The van der Waals surface area contributed by atoms with Crippen molar-refractivity contribution in [2.45, 2.75) is 19.8 Å². The normalized spacial score (nSPS) is 10.4. The van der Waals surface area contributed by atoms with Gasteiger partial charge in [-0.25, -0.2) is 4.79 Å². The maximum absolute atomic E-state index is 12.5. The number of methoxy groups -OCH3 is 1. The van der Waals surface area contributed by atoms with Crippen molar-refractivity contribution in [3.05, 3.63) is 59.2 Å². The van der Waals surface area contributed by atoms with Crippen LogP contribution >= 0.6 is 0 Å². The Morgan fingerprint density at radius 1 is 1.09 bits per heavy atom. The summed E-state index contributed by atoms with van der Waals surface area (Å²) in [7, 11) is 1.52. The number of hydrogen-bond donors (Lipinski definition) is 2. The number of benzene rings is 2. The van der Waals surface area contributed by atoms with Gasteiger partial charge in [0.15, 0.2) is 0 Å². The fraction of sp³-hybridized carbons (Fsp3) is 0.222. The van der Waals surface area contributed by atoms with Crippen LogP contribution in [-0.2, 0) is 0 Å². The molecule has 0 unspecified atom stereocenters. The van der Waals surface area contributed by atoms with Crippen molar-refractivity contribution in [3.63, 3.8) is 0 Å². The summed E-state index contributed by atoms with van der Waals surface area (Å²) in [5.41, 5.74) is 2.18. The number of aromatic carboxylic acids is 1. The number of hydrogen-bond acceptors (Lipinski definition) is 3. The molecule has 0 aliphatic rings. The number of amides is 1. The molecule has 0 aromatic heterocycles. The predicted octanol–water partition coefficient (Wildman–Crippen LogP) is 3.77. The van der Waals surface area contributed by atoms with Crippen molar-refractivity contribution < 1.29 is 19.4 Å². The molecule has 1 amide bonds. The van der Waals surface area contributed by atoms with Crippen molar-refractivity contribution in [3.8, 4) is 5.75 Å². The van der Waals surface area contributed by atoms with Crippen LogP contribution in [0.15, 0.2) is 42.5 Å². The molecule has 0 aliphatic carbocycles. The molecule has 5 nitrogen and oxygen atoms in total. The molecule has 2 N–H and O–H groups in total. The van der Waals surface area contributed by atoms with Crippen LogP contribution in [0.4, 0.5) is 5.69 Å². The Balaban J connectivity index is 2.25. The third-order valence-electron chi connectivity index (χ3n) is 3.52. The van der Waals surface area contributed by atoms with Crippen LogP contribution in [0.25, 0.3) is 0 Å². The van der Waals surface area contributed by atoms with Crippen LogP contribution < -0.4 is 10.1 Å². The molecule has 0 saturated carbocycles. The average molecular weight is 313 g/mol. The molecule has 0 bridgehead atoms. The van der Waals surface area contributed by atoms with E-state index in [4.69, 9.17) is 9.84 Å². The maximum atomic E-state index is 12.5. The summed E-state index contributed by atoms with van der Waals surface area (Å²) in [4.78, 5) is 23.3. The van der Waals surface area contributed by atoms with Crippen LogP contribution in [0.3, 0.4) is 0 Å². The minimum atomic E-state index is -1.01. The average Bonchev–Trinajstić information content (AvgIpc) is 2.54. The minimum absolute atomic E-state index is 0.169. The van der Waals surface area contributed by atoms with Gasteiger partial charge in [-0.1, -0.05) is 19.9 Å². The van der Waals surface area contributed by atoms with Gasteiger partial charge in [-0.3, -0.25) is 4.79 Å². The SMILES string of the molecule is COc1ccc(C(C)C)cc1C(=O)Nc1ccc(C(=O)O)cc1. The Morgan fingerprint density at radius 2 is 1.74 bits per heavy atom. The Labute approximate surface area is 134 Å². The summed E-state index contributed by atoms with van der Waals surface area (Å²) in [6.07, 6.45) is 0. The van der Waals surface area contributed by atoms with Gasteiger partial charge < -0.3 is 15.2 Å². The van der Waals surface area contributed by atoms with Crippen molar-refractivity contribution in [1.29, 1.82) is 0 Å². The van der Waals surface area contributed by atoms with E-state index in [2.05, 4.69) is 5.32 Å². The van der Waals surface area contributed by atoms with Gasteiger partial charge in [-0.15, -0.1) is 0 Å². The topological polar surface area (TPSA) is 75.6 Å². The Bertz CT molecular complexity index is 720.